The number of carboxylic acids is 4. The van der Waals surface area contributed by atoms with Crippen LogP contribution in [0.1, 0.15) is 91.9 Å². The van der Waals surface area contributed by atoms with Gasteiger partial charge in [-0.05, 0) is 128 Å². The first-order valence-electron chi connectivity index (χ1n) is 18.5. The zero-order chi connectivity index (χ0) is 40.1. The van der Waals surface area contributed by atoms with Crippen molar-refractivity contribution in [2.24, 2.45) is 0 Å². The number of benzene rings is 4. The minimum atomic E-state index is -1.08. The molecule has 2 saturated carbocycles. The van der Waals surface area contributed by atoms with Crippen LogP contribution in [0.25, 0.3) is 0 Å². The van der Waals surface area contributed by atoms with Gasteiger partial charge in [-0.2, -0.15) is 0 Å². The van der Waals surface area contributed by atoms with Crippen LogP contribution < -0.4 is 41.6 Å². The van der Waals surface area contributed by atoms with Gasteiger partial charge < -0.3 is 39.6 Å². The molecule has 0 amide bonds. The van der Waals surface area contributed by atoms with Gasteiger partial charge in [0.2, 0.25) is 0 Å². The molecule has 56 heavy (non-hydrogen) atoms. The summed E-state index contributed by atoms with van der Waals surface area (Å²) < 4.78 is 0. The first kappa shape index (κ1) is 55.0. The van der Waals surface area contributed by atoms with Crippen molar-refractivity contribution in [3.05, 3.63) is 121 Å². The normalized spacial score (nSPS) is 13.1. The Balaban J connectivity index is 0. The van der Waals surface area contributed by atoms with E-state index in [-0.39, 0.29) is 39.0 Å². The average molecular weight is 981 g/mol. The summed E-state index contributed by atoms with van der Waals surface area (Å²) in [6.07, 6.45) is 14.3. The standard InChI is InChI=1S/2C18H21P.4C2H4O2.2Rh/c2*1-4-10-16(11-5-1)19(17-12-6-2-7-13-17)18-14-8-3-9-15-18;4*1-2(3)4;;/h2*1-2,4-7,10-13,18H,3,8-9,14-15H2;4*1H3,(H,3,4);;/q;;;;;;2*+2/p-2. The minimum Gasteiger partial charge on any atom is -0.550 e. The van der Waals surface area contributed by atoms with Crippen LogP contribution in [0, 0.1) is 0 Å². The summed E-state index contributed by atoms with van der Waals surface area (Å²) in [6.45, 7) is 3.89. The maximum absolute atomic E-state index is 8.89. The molecular weight excluding hydrogens is 924 g/mol. The van der Waals surface area contributed by atoms with Gasteiger partial charge in [0.1, 0.15) is 0 Å². The van der Waals surface area contributed by atoms with Crippen LogP contribution in [0.2, 0.25) is 0 Å². The van der Waals surface area contributed by atoms with E-state index in [1.165, 1.54) is 64.2 Å². The molecule has 0 unspecified atom stereocenters. The fraction of sp³-hybridized carbons (Fsp3) is 0.364. The summed E-state index contributed by atoms with van der Waals surface area (Å²) in [4.78, 5) is 35.6. The molecule has 0 aliphatic heterocycles. The number of hydrogen-bond acceptors (Lipinski definition) is 8. The third-order valence-electron chi connectivity index (χ3n) is 8.37. The molecule has 12 heteroatoms. The van der Waals surface area contributed by atoms with Crippen molar-refractivity contribution in [3.8, 4) is 0 Å². The van der Waals surface area contributed by atoms with Gasteiger partial charge in [0.15, 0.2) is 0 Å². The van der Waals surface area contributed by atoms with Crippen LogP contribution in [0.15, 0.2) is 121 Å². The zero-order valence-electron chi connectivity index (χ0n) is 32.7. The Morgan fingerprint density at radius 3 is 0.696 bits per heavy atom. The van der Waals surface area contributed by atoms with Gasteiger partial charge in [-0.1, -0.05) is 85.6 Å². The predicted octanol–water partition coefficient (Wildman–Crippen LogP) is 3.39. The summed E-state index contributed by atoms with van der Waals surface area (Å²) in [7, 11) is -1.20. The van der Waals surface area contributed by atoms with Gasteiger partial charge in [-0.25, -0.2) is 0 Å². The van der Waals surface area contributed by atoms with Gasteiger partial charge in [-0.3, -0.25) is 0 Å². The molecule has 2 fully saturated rings. The number of aliphatic carboxylic acids is 4. The molecule has 0 atom stereocenters. The van der Waals surface area contributed by atoms with Crippen LogP contribution in [-0.4, -0.2) is 35.2 Å². The topological polar surface area (TPSA) is 161 Å². The molecule has 4 aromatic carbocycles. The Morgan fingerprint density at radius 1 is 0.375 bits per heavy atom. The molecule has 8 nitrogen and oxygen atoms in total. The van der Waals surface area contributed by atoms with Crippen molar-refractivity contribution < 1.29 is 78.6 Å². The van der Waals surface area contributed by atoms with Crippen molar-refractivity contribution in [2.75, 3.05) is 0 Å². The monoisotopic (exact) mass is 980 g/mol. The number of carbonyl (C=O) groups excluding carboxylic acids is 4. The molecule has 2 radical (unpaired) electrons. The van der Waals surface area contributed by atoms with E-state index in [9.17, 15) is 0 Å². The van der Waals surface area contributed by atoms with E-state index < -0.39 is 39.7 Å². The van der Waals surface area contributed by atoms with Gasteiger partial charge >= 0.3 is 39.0 Å². The molecule has 0 saturated heterocycles. The van der Waals surface area contributed by atoms with Crippen LogP contribution in [-0.2, 0) is 58.1 Å². The quantitative estimate of drug-likeness (QED) is 0.210. The molecule has 2 aliphatic carbocycles. The Labute approximate surface area is 362 Å². The summed E-state index contributed by atoms with van der Waals surface area (Å²) in [5.41, 5.74) is 1.84. The molecule has 306 valence electrons. The van der Waals surface area contributed by atoms with E-state index >= 15 is 0 Å². The second kappa shape index (κ2) is 34.0. The second-order valence-electron chi connectivity index (χ2n) is 12.9. The fourth-order valence-electron chi connectivity index (χ4n) is 6.53. The first-order valence-corrected chi connectivity index (χ1v) is 21.6. The van der Waals surface area contributed by atoms with E-state index in [1.807, 2.05) is 0 Å². The van der Waals surface area contributed by atoms with Crippen molar-refractivity contribution >= 4 is 60.9 Å². The molecule has 0 aromatic heterocycles. The zero-order valence-corrected chi connectivity index (χ0v) is 38.0. The molecule has 4 aromatic rings. The largest absolute Gasteiger partial charge is 2.00 e. The van der Waals surface area contributed by atoms with Crippen molar-refractivity contribution in [1.82, 2.24) is 0 Å². The molecule has 0 N–H and O–H groups in total. The summed E-state index contributed by atoms with van der Waals surface area (Å²) in [5, 5.41) is 41.9. The molecule has 0 spiro atoms. The summed E-state index contributed by atoms with van der Waals surface area (Å²) >= 11 is 0. The van der Waals surface area contributed by atoms with E-state index in [0.29, 0.717) is 0 Å². The van der Waals surface area contributed by atoms with Crippen molar-refractivity contribution in [2.45, 2.75) is 103 Å². The van der Waals surface area contributed by atoms with Gasteiger partial charge in [0.05, 0.1) is 48.4 Å². The smallest absolute Gasteiger partial charge is 0.550 e. The maximum atomic E-state index is 8.89. The van der Waals surface area contributed by atoms with Gasteiger partial charge in [-0.15, -0.1) is 0 Å². The van der Waals surface area contributed by atoms with E-state index in [2.05, 4.69) is 121 Å². The van der Waals surface area contributed by atoms with E-state index in [1.54, 1.807) is 21.2 Å². The third kappa shape index (κ3) is 26.7. The first-order chi connectivity index (χ1) is 25.8. The number of carboxylic acid groups (broad SMARTS) is 4. The van der Waals surface area contributed by atoms with Gasteiger partial charge in [0, 0.05) is 23.9 Å². The average Bonchev–Trinajstić information content (AvgIpc) is 3.14. The Morgan fingerprint density at radius 2 is 0.536 bits per heavy atom. The Kier molecular flexibility index (Phi) is 33.3. The van der Waals surface area contributed by atoms with E-state index in [4.69, 9.17) is 39.6 Å². The SMILES string of the molecule is CC(=O)[O-].CC(=O)[O-].CC(=O)[O-].CC(=O)[O-].[Rh+2].[Rh+2].c1ccc([PH+](c2ccccc2)C2CCCCC2)cc1.c1ccc([PH+](c2ccccc2)C2CCCCC2)cc1. The van der Waals surface area contributed by atoms with Crippen molar-refractivity contribution in [1.29, 1.82) is 0 Å². The minimum absolute atomic E-state index is 0. The third-order valence-corrected chi connectivity index (χ3v) is 15.0. The van der Waals surface area contributed by atoms with Crippen LogP contribution in [0.3, 0.4) is 0 Å². The van der Waals surface area contributed by atoms with E-state index in [0.717, 1.165) is 39.0 Å². The maximum Gasteiger partial charge on any atom is 2.00 e. The summed E-state index contributed by atoms with van der Waals surface area (Å²) in [5.74, 6) is -4.33. The number of carbonyl (C=O) groups is 4. The van der Waals surface area contributed by atoms with Crippen LogP contribution >= 0.6 is 15.8 Å². The molecule has 2 aliphatic rings. The number of hydrogen-bond donors (Lipinski definition) is 0. The number of rotatable bonds is 6. The van der Waals surface area contributed by atoms with Crippen LogP contribution in [0.4, 0.5) is 0 Å². The summed E-state index contributed by atoms with van der Waals surface area (Å²) in [6, 6.07) is 44.9. The Bertz CT molecular complexity index is 1350. The molecule has 0 heterocycles. The van der Waals surface area contributed by atoms with Crippen LogP contribution in [0.5, 0.6) is 0 Å². The Hall–Kier alpha value is -3.13. The van der Waals surface area contributed by atoms with Gasteiger partial charge in [0.25, 0.3) is 0 Å². The fourth-order valence-corrected chi connectivity index (χ4v) is 13.3. The molecule has 0 bridgehead atoms. The molecular formula is C44H56O8P2Rh2+2. The predicted molar refractivity (Wildman–Crippen MR) is 217 cm³/mol. The molecule has 6 rings (SSSR count). The van der Waals surface area contributed by atoms with Crippen molar-refractivity contribution in [3.63, 3.8) is 0 Å². The second-order valence-corrected chi connectivity index (χ2v) is 18.5.